The number of aromatic nitrogens is 5. The van der Waals surface area contributed by atoms with Gasteiger partial charge in [0.2, 0.25) is 0 Å². The summed E-state index contributed by atoms with van der Waals surface area (Å²) in [7, 11) is 0. The van der Waals surface area contributed by atoms with Crippen LogP contribution in [0.1, 0.15) is 5.69 Å². The first kappa shape index (κ1) is 11.0. The van der Waals surface area contributed by atoms with Crippen LogP contribution < -0.4 is 0 Å². The number of nitrogens with zero attached hydrogens (tertiary/aromatic N) is 5. The molecule has 18 heavy (non-hydrogen) atoms. The molecule has 0 aliphatic rings. The fraction of sp³-hybridized carbons (Fsp3) is 0.0909. The maximum Gasteiger partial charge on any atom is 0.191 e. The Kier molecular flexibility index (Phi) is 2.45. The van der Waals surface area contributed by atoms with E-state index in [1.165, 1.54) is 17.0 Å². The summed E-state index contributed by atoms with van der Waals surface area (Å²) in [6, 6.07) is 1.61. The summed E-state index contributed by atoms with van der Waals surface area (Å²) in [5.74, 6) is -0.415. The lowest BCUT2D eigenvalue weighted by Gasteiger charge is -2.00. The first-order valence-corrected chi connectivity index (χ1v) is 5.51. The molecule has 0 spiro atoms. The second-order valence-electron chi connectivity index (χ2n) is 3.74. The lowest BCUT2D eigenvalue weighted by Crippen LogP contribution is -1.94. The zero-order valence-corrected chi connectivity index (χ0v) is 10.1. The van der Waals surface area contributed by atoms with Crippen LogP contribution in [0.3, 0.4) is 0 Å². The summed E-state index contributed by atoms with van der Waals surface area (Å²) in [5.41, 5.74) is 1.80. The van der Waals surface area contributed by atoms with Crippen molar-refractivity contribution in [3.05, 3.63) is 41.5 Å². The summed E-state index contributed by atoms with van der Waals surface area (Å²) in [4.78, 5) is 11.9. The van der Waals surface area contributed by atoms with Gasteiger partial charge < -0.3 is 0 Å². The molecule has 0 aliphatic heterocycles. The van der Waals surface area contributed by atoms with Gasteiger partial charge in [0, 0.05) is 24.0 Å². The zero-order valence-electron chi connectivity index (χ0n) is 9.30. The normalized spacial score (nSPS) is 11.1. The Bertz CT molecular complexity index is 739. The van der Waals surface area contributed by atoms with E-state index in [9.17, 15) is 4.39 Å². The van der Waals surface area contributed by atoms with Gasteiger partial charge in [-0.15, -0.1) is 0 Å². The van der Waals surface area contributed by atoms with E-state index in [0.717, 1.165) is 0 Å². The van der Waals surface area contributed by atoms with Crippen molar-refractivity contribution < 1.29 is 4.39 Å². The third kappa shape index (κ3) is 1.70. The molecule has 3 rings (SSSR count). The van der Waals surface area contributed by atoms with Gasteiger partial charge in [-0.25, -0.2) is 23.9 Å². The lowest BCUT2D eigenvalue weighted by molar-refractivity contribution is 0.626. The molecule has 0 bridgehead atoms. The first-order chi connectivity index (χ1) is 8.65. The number of halogens is 2. The minimum Gasteiger partial charge on any atom is -0.236 e. The van der Waals surface area contributed by atoms with E-state index >= 15 is 0 Å². The van der Waals surface area contributed by atoms with Crippen LogP contribution in [0.25, 0.3) is 16.9 Å². The quantitative estimate of drug-likeness (QED) is 0.632. The van der Waals surface area contributed by atoms with Crippen molar-refractivity contribution >= 4 is 17.2 Å². The number of fused-ring (bicyclic) bond motifs is 1. The highest BCUT2D eigenvalue weighted by atomic mass is 35.5. The monoisotopic (exact) mass is 263 g/mol. The van der Waals surface area contributed by atoms with Crippen molar-refractivity contribution in [2.75, 3.05) is 0 Å². The molecule has 0 unspecified atom stereocenters. The van der Waals surface area contributed by atoms with Gasteiger partial charge in [-0.1, -0.05) is 11.6 Å². The van der Waals surface area contributed by atoms with Crippen LogP contribution in [0.4, 0.5) is 4.39 Å². The fourth-order valence-electron chi connectivity index (χ4n) is 1.64. The third-order valence-corrected chi connectivity index (χ3v) is 2.71. The summed E-state index contributed by atoms with van der Waals surface area (Å²) >= 11 is 5.79. The molecule has 0 atom stereocenters. The predicted molar refractivity (Wildman–Crippen MR) is 63.7 cm³/mol. The van der Waals surface area contributed by atoms with Crippen molar-refractivity contribution in [3.8, 4) is 11.3 Å². The Morgan fingerprint density at radius 2 is 2.11 bits per heavy atom. The maximum absolute atomic E-state index is 13.6. The third-order valence-electron chi connectivity index (χ3n) is 2.51. The molecule has 5 nitrogen and oxygen atoms in total. The molecule has 3 heterocycles. The molecule has 7 heteroatoms. The zero-order chi connectivity index (χ0) is 12.7. The van der Waals surface area contributed by atoms with E-state index in [0.29, 0.717) is 22.1 Å². The average molecular weight is 264 g/mol. The van der Waals surface area contributed by atoms with E-state index in [-0.39, 0.29) is 5.65 Å². The number of hydrogen-bond donors (Lipinski definition) is 0. The van der Waals surface area contributed by atoms with Crippen molar-refractivity contribution in [2.24, 2.45) is 0 Å². The molecule has 0 fully saturated rings. The molecule has 3 aromatic heterocycles. The fourth-order valence-corrected chi connectivity index (χ4v) is 1.79. The first-order valence-electron chi connectivity index (χ1n) is 5.13. The molecular weight excluding hydrogens is 257 g/mol. The van der Waals surface area contributed by atoms with Crippen LogP contribution in [0, 0.1) is 12.7 Å². The lowest BCUT2D eigenvalue weighted by atomic mass is 10.2. The van der Waals surface area contributed by atoms with Gasteiger partial charge in [0.1, 0.15) is 11.5 Å². The Balaban J connectivity index is 2.19. The Labute approximate surface area is 106 Å². The smallest absolute Gasteiger partial charge is 0.191 e. The molecule has 0 aromatic carbocycles. The highest BCUT2D eigenvalue weighted by molar-refractivity contribution is 6.29. The van der Waals surface area contributed by atoms with Crippen molar-refractivity contribution in [1.29, 1.82) is 0 Å². The van der Waals surface area contributed by atoms with Gasteiger partial charge in [0.15, 0.2) is 11.5 Å². The standard InChI is InChI=1S/C11H7ClFN5/c1-6-10(13)11-14-3-7(4-18(11)17-6)8-2-9(12)16-5-15-8/h2-5H,1H3. The molecular formula is C11H7ClFN5. The van der Waals surface area contributed by atoms with Crippen molar-refractivity contribution in [1.82, 2.24) is 24.6 Å². The number of aryl methyl sites for hydroxylation is 1. The highest BCUT2D eigenvalue weighted by Crippen LogP contribution is 2.19. The maximum atomic E-state index is 13.6. The molecule has 3 aromatic rings. The van der Waals surface area contributed by atoms with Crippen molar-refractivity contribution in [2.45, 2.75) is 6.92 Å². The van der Waals surface area contributed by atoms with E-state index in [2.05, 4.69) is 20.1 Å². The van der Waals surface area contributed by atoms with Crippen LogP contribution in [0.15, 0.2) is 24.8 Å². The second kappa shape index (κ2) is 3.99. The van der Waals surface area contributed by atoms with Crippen LogP contribution in [0.5, 0.6) is 0 Å². The Morgan fingerprint density at radius 1 is 1.28 bits per heavy atom. The van der Waals surface area contributed by atoms with Crippen LogP contribution in [0.2, 0.25) is 5.15 Å². The van der Waals surface area contributed by atoms with Gasteiger partial charge in [-0.2, -0.15) is 5.10 Å². The minimum absolute atomic E-state index is 0.191. The van der Waals surface area contributed by atoms with Crippen LogP contribution in [-0.4, -0.2) is 24.6 Å². The molecule has 0 radical (unpaired) electrons. The van der Waals surface area contributed by atoms with Gasteiger partial charge >= 0.3 is 0 Å². The summed E-state index contributed by atoms with van der Waals surface area (Å²) in [5, 5.41) is 4.36. The van der Waals surface area contributed by atoms with Gasteiger partial charge in [-0.3, -0.25) is 0 Å². The summed E-state index contributed by atoms with van der Waals surface area (Å²) < 4.78 is 14.9. The largest absolute Gasteiger partial charge is 0.236 e. The molecule has 0 aliphatic carbocycles. The van der Waals surface area contributed by atoms with E-state index in [4.69, 9.17) is 11.6 Å². The number of rotatable bonds is 1. The van der Waals surface area contributed by atoms with E-state index in [1.807, 2.05) is 0 Å². The Morgan fingerprint density at radius 3 is 2.89 bits per heavy atom. The SMILES string of the molecule is Cc1nn2cc(-c3cc(Cl)ncn3)cnc2c1F. The molecule has 0 saturated heterocycles. The van der Waals surface area contributed by atoms with Crippen LogP contribution in [-0.2, 0) is 0 Å². The predicted octanol–water partition coefficient (Wildman–Crippen LogP) is 2.29. The average Bonchev–Trinajstić information content (AvgIpc) is 2.65. The van der Waals surface area contributed by atoms with Gasteiger partial charge in [0.05, 0.1) is 11.4 Å². The van der Waals surface area contributed by atoms with Gasteiger partial charge in [-0.05, 0) is 6.92 Å². The highest BCUT2D eigenvalue weighted by Gasteiger charge is 2.11. The second-order valence-corrected chi connectivity index (χ2v) is 4.12. The molecule has 0 amide bonds. The minimum atomic E-state index is -0.415. The number of hydrogen-bond acceptors (Lipinski definition) is 4. The molecule has 0 saturated carbocycles. The summed E-state index contributed by atoms with van der Waals surface area (Å²) in [6.07, 6.45) is 4.53. The van der Waals surface area contributed by atoms with Gasteiger partial charge in [0.25, 0.3) is 0 Å². The van der Waals surface area contributed by atoms with Crippen molar-refractivity contribution in [3.63, 3.8) is 0 Å². The van der Waals surface area contributed by atoms with Crippen LogP contribution >= 0.6 is 11.6 Å². The molecule has 90 valence electrons. The van der Waals surface area contributed by atoms with E-state index < -0.39 is 5.82 Å². The van der Waals surface area contributed by atoms with E-state index in [1.54, 1.807) is 19.2 Å². The Hall–Kier alpha value is -2.08. The topological polar surface area (TPSA) is 56.0 Å². The molecule has 0 N–H and O–H groups in total. The summed E-state index contributed by atoms with van der Waals surface area (Å²) in [6.45, 7) is 1.59.